The zero-order chi connectivity index (χ0) is 18.0. The van der Waals surface area contributed by atoms with Gasteiger partial charge in [0.2, 0.25) is 0 Å². The molecule has 25 heavy (non-hydrogen) atoms. The first-order chi connectivity index (χ1) is 11.9. The summed E-state index contributed by atoms with van der Waals surface area (Å²) in [5, 5.41) is 13.2. The minimum atomic E-state index is -0.509. The lowest BCUT2D eigenvalue weighted by Gasteiger charge is -2.23. The number of aromatic nitrogens is 1. The average Bonchev–Trinajstić information content (AvgIpc) is 3.00. The Kier molecular flexibility index (Phi) is 4.49. The molecule has 1 aliphatic rings. The van der Waals surface area contributed by atoms with E-state index in [1.165, 1.54) is 0 Å². The van der Waals surface area contributed by atoms with E-state index in [1.54, 1.807) is 0 Å². The van der Waals surface area contributed by atoms with Gasteiger partial charge in [0.1, 0.15) is 17.4 Å². The third-order valence-electron chi connectivity index (χ3n) is 4.06. The highest BCUT2D eigenvalue weighted by Crippen LogP contribution is 2.29. The number of carbonyl (C=O) groups is 1. The molecule has 0 spiro atoms. The fraction of sp³-hybridized carbons (Fsp3) is 0.421. The Balaban J connectivity index is 1.77. The van der Waals surface area contributed by atoms with Gasteiger partial charge in [-0.3, -0.25) is 0 Å². The molecule has 0 aliphatic carbocycles. The van der Waals surface area contributed by atoms with Crippen molar-refractivity contribution in [3.63, 3.8) is 0 Å². The molecule has 1 fully saturated rings. The van der Waals surface area contributed by atoms with Gasteiger partial charge in [0.05, 0.1) is 11.6 Å². The van der Waals surface area contributed by atoms with Crippen molar-refractivity contribution in [2.75, 3.05) is 18.0 Å². The topological polar surface area (TPSA) is 78.2 Å². The number of fused-ring (bicyclic) bond motifs is 1. The molecule has 0 saturated carbocycles. The second-order valence-electron chi connectivity index (χ2n) is 7.23. The van der Waals surface area contributed by atoms with Crippen LogP contribution in [0.4, 0.5) is 10.5 Å². The van der Waals surface area contributed by atoms with Gasteiger partial charge < -0.3 is 15.0 Å². The summed E-state index contributed by atoms with van der Waals surface area (Å²) in [7, 11) is 0. The molecule has 1 aliphatic heterocycles. The van der Waals surface area contributed by atoms with Gasteiger partial charge in [0, 0.05) is 24.2 Å². The Bertz CT molecular complexity index is 835. The average molecular weight is 338 g/mol. The monoisotopic (exact) mass is 338 g/mol. The van der Waals surface area contributed by atoms with Gasteiger partial charge in [-0.2, -0.15) is 5.26 Å². The van der Waals surface area contributed by atoms with Crippen molar-refractivity contribution in [1.29, 1.82) is 5.26 Å². The molecule has 1 atom stereocenters. The first-order valence-corrected chi connectivity index (χ1v) is 8.40. The molecule has 130 valence electrons. The third-order valence-corrected chi connectivity index (χ3v) is 4.06. The number of hydrogen-bond donors (Lipinski definition) is 1. The molecule has 6 heteroatoms. The van der Waals surface area contributed by atoms with Crippen LogP contribution in [0.3, 0.4) is 0 Å². The maximum absolute atomic E-state index is 12.0. The summed E-state index contributed by atoms with van der Waals surface area (Å²) < 4.78 is 5.33. The number of ether oxygens (including phenoxy) is 1. The maximum Gasteiger partial charge on any atom is 0.407 e. The van der Waals surface area contributed by atoms with Gasteiger partial charge in [-0.25, -0.2) is 9.78 Å². The normalized spacial score (nSPS) is 17.4. The molecular formula is C19H22N4O2. The number of carbonyl (C=O) groups excluding carboxylic acids is 1. The molecule has 1 N–H and O–H groups in total. The zero-order valence-electron chi connectivity index (χ0n) is 14.7. The smallest absolute Gasteiger partial charge is 0.407 e. The number of pyridine rings is 1. The number of benzene rings is 1. The summed E-state index contributed by atoms with van der Waals surface area (Å²) in [5.41, 5.74) is 1.68. The Morgan fingerprint density at radius 2 is 2.16 bits per heavy atom. The van der Waals surface area contributed by atoms with Crippen LogP contribution in [-0.2, 0) is 4.74 Å². The van der Waals surface area contributed by atoms with Crippen molar-refractivity contribution < 1.29 is 9.53 Å². The molecule has 6 nitrogen and oxygen atoms in total. The highest BCUT2D eigenvalue weighted by Gasteiger charge is 2.27. The molecule has 0 bridgehead atoms. The van der Waals surface area contributed by atoms with E-state index in [2.05, 4.69) is 21.3 Å². The summed E-state index contributed by atoms with van der Waals surface area (Å²) in [6, 6.07) is 11.8. The standard InChI is InChI=1S/C19H22N4O2/c1-19(2,3)25-18(24)22-13-8-9-23(12-13)17-10-14(11-20)21-16-7-5-4-6-15(16)17/h4-7,10,13H,8-9,12H2,1-3H3,(H,22,24)/t13-/m0/s1. The number of nitrogens with zero attached hydrogens (tertiary/aromatic N) is 3. The lowest BCUT2D eigenvalue weighted by atomic mass is 10.1. The lowest BCUT2D eigenvalue weighted by Crippen LogP contribution is -2.40. The van der Waals surface area contributed by atoms with Gasteiger partial charge in [0.15, 0.2) is 0 Å². The highest BCUT2D eigenvalue weighted by atomic mass is 16.6. The Hall–Kier alpha value is -2.81. The number of nitrogens with one attached hydrogen (secondary N) is 1. The molecule has 1 saturated heterocycles. The van der Waals surface area contributed by atoms with Crippen LogP contribution in [0.5, 0.6) is 0 Å². The fourth-order valence-electron chi connectivity index (χ4n) is 3.05. The van der Waals surface area contributed by atoms with E-state index in [0.717, 1.165) is 29.6 Å². The molecule has 3 rings (SSSR count). The van der Waals surface area contributed by atoms with Crippen LogP contribution in [0, 0.1) is 11.3 Å². The minimum Gasteiger partial charge on any atom is -0.444 e. The zero-order valence-corrected chi connectivity index (χ0v) is 14.7. The second-order valence-corrected chi connectivity index (χ2v) is 7.23. The maximum atomic E-state index is 12.0. The van der Waals surface area contributed by atoms with Gasteiger partial charge in [0.25, 0.3) is 0 Å². The summed E-state index contributed by atoms with van der Waals surface area (Å²) in [4.78, 5) is 18.5. The van der Waals surface area contributed by atoms with Crippen molar-refractivity contribution >= 4 is 22.7 Å². The van der Waals surface area contributed by atoms with Crippen molar-refractivity contribution in [2.45, 2.75) is 38.8 Å². The molecule has 0 radical (unpaired) electrons. The minimum absolute atomic E-state index is 0.0207. The van der Waals surface area contributed by atoms with E-state index in [4.69, 9.17) is 4.74 Å². The first kappa shape index (κ1) is 17.0. The van der Waals surface area contributed by atoms with Crippen molar-refractivity contribution in [2.24, 2.45) is 0 Å². The summed E-state index contributed by atoms with van der Waals surface area (Å²) in [6.45, 7) is 7.03. The number of rotatable bonds is 2. The van der Waals surface area contributed by atoms with E-state index in [9.17, 15) is 10.1 Å². The molecule has 2 heterocycles. The predicted octanol–water partition coefficient (Wildman–Crippen LogP) is 3.21. The molecular weight excluding hydrogens is 316 g/mol. The van der Waals surface area contributed by atoms with E-state index < -0.39 is 11.7 Å². The van der Waals surface area contributed by atoms with Gasteiger partial charge in [-0.15, -0.1) is 0 Å². The Morgan fingerprint density at radius 1 is 1.40 bits per heavy atom. The van der Waals surface area contributed by atoms with E-state index in [0.29, 0.717) is 12.2 Å². The lowest BCUT2D eigenvalue weighted by molar-refractivity contribution is 0.0509. The first-order valence-electron chi connectivity index (χ1n) is 8.40. The number of nitriles is 1. The highest BCUT2D eigenvalue weighted by molar-refractivity contribution is 5.92. The van der Waals surface area contributed by atoms with Crippen molar-refractivity contribution in [1.82, 2.24) is 10.3 Å². The van der Waals surface area contributed by atoms with Gasteiger partial charge in [-0.1, -0.05) is 18.2 Å². The summed E-state index contributed by atoms with van der Waals surface area (Å²) >= 11 is 0. The van der Waals surface area contributed by atoms with Crippen LogP contribution in [-0.4, -0.2) is 35.8 Å². The van der Waals surface area contributed by atoms with Crippen molar-refractivity contribution in [3.05, 3.63) is 36.0 Å². The van der Waals surface area contributed by atoms with Crippen LogP contribution >= 0.6 is 0 Å². The SMILES string of the molecule is CC(C)(C)OC(=O)N[C@H]1CCN(c2cc(C#N)nc3ccccc23)C1. The number of hydrogen-bond acceptors (Lipinski definition) is 5. The summed E-state index contributed by atoms with van der Waals surface area (Å²) in [6.07, 6.45) is 0.439. The molecule has 1 aromatic heterocycles. The molecule has 0 unspecified atom stereocenters. The van der Waals surface area contributed by atoms with E-state index >= 15 is 0 Å². The number of para-hydroxylation sites is 1. The van der Waals surface area contributed by atoms with Crippen LogP contribution in [0.2, 0.25) is 0 Å². The van der Waals surface area contributed by atoms with Crippen LogP contribution < -0.4 is 10.2 Å². The van der Waals surface area contributed by atoms with Gasteiger partial charge in [-0.05, 0) is 39.3 Å². The summed E-state index contributed by atoms with van der Waals surface area (Å²) in [5.74, 6) is 0. The Labute approximate surface area is 147 Å². The fourth-order valence-corrected chi connectivity index (χ4v) is 3.05. The van der Waals surface area contributed by atoms with Crippen molar-refractivity contribution in [3.8, 4) is 6.07 Å². The molecule has 1 aromatic carbocycles. The quantitative estimate of drug-likeness (QED) is 0.910. The molecule has 1 amide bonds. The third kappa shape index (κ3) is 4.00. The number of alkyl carbamates (subject to hydrolysis) is 1. The largest absolute Gasteiger partial charge is 0.444 e. The van der Waals surface area contributed by atoms with E-state index in [1.807, 2.05) is 51.1 Å². The van der Waals surface area contributed by atoms with Crippen LogP contribution in [0.25, 0.3) is 10.9 Å². The molecule has 2 aromatic rings. The second kappa shape index (κ2) is 6.60. The number of amides is 1. The number of anilines is 1. The van der Waals surface area contributed by atoms with Gasteiger partial charge >= 0.3 is 6.09 Å². The van der Waals surface area contributed by atoms with E-state index in [-0.39, 0.29) is 6.04 Å². The Morgan fingerprint density at radius 3 is 2.88 bits per heavy atom. The predicted molar refractivity (Wildman–Crippen MR) is 96.4 cm³/mol. The van der Waals surface area contributed by atoms with Crippen LogP contribution in [0.15, 0.2) is 30.3 Å². The van der Waals surface area contributed by atoms with Crippen LogP contribution in [0.1, 0.15) is 32.9 Å².